The minimum atomic E-state index is -0.798. The summed E-state index contributed by atoms with van der Waals surface area (Å²) in [5.74, 6) is -0.755. The van der Waals surface area contributed by atoms with Crippen LogP contribution in [0.3, 0.4) is 0 Å². The molecule has 2 aromatic carbocycles. The normalized spacial score (nSPS) is 14.3. The van der Waals surface area contributed by atoms with Gasteiger partial charge in [0.1, 0.15) is 0 Å². The smallest absolute Gasteiger partial charge is 0.316 e. The highest BCUT2D eigenvalue weighted by Crippen LogP contribution is 2.24. The average molecular weight is 420 g/mol. The number of nitrogens with zero attached hydrogens (tertiary/aromatic N) is 3. The Morgan fingerprint density at radius 3 is 2.45 bits per heavy atom. The second-order valence-electron chi connectivity index (χ2n) is 7.33. The van der Waals surface area contributed by atoms with Crippen molar-refractivity contribution in [3.8, 4) is 16.8 Å². The topological polar surface area (TPSA) is 128 Å². The molecule has 1 aliphatic heterocycles. The molecule has 0 aliphatic carbocycles. The van der Waals surface area contributed by atoms with Crippen LogP contribution in [-0.4, -0.2) is 52.9 Å². The number of rotatable bonds is 6. The van der Waals surface area contributed by atoms with Crippen molar-refractivity contribution in [2.45, 2.75) is 6.54 Å². The molecule has 0 saturated carbocycles. The first-order valence-corrected chi connectivity index (χ1v) is 9.95. The molecule has 0 radical (unpaired) electrons. The summed E-state index contributed by atoms with van der Waals surface area (Å²) in [6, 6.07) is 15.3. The fourth-order valence-corrected chi connectivity index (χ4v) is 3.56. The minimum Gasteiger partial charge on any atom is -0.379 e. The number of benzene rings is 2. The van der Waals surface area contributed by atoms with Gasteiger partial charge in [-0.3, -0.25) is 9.69 Å². The van der Waals surface area contributed by atoms with Crippen LogP contribution in [0.1, 0.15) is 16.1 Å². The van der Waals surface area contributed by atoms with Crippen molar-refractivity contribution in [1.29, 1.82) is 0 Å². The van der Waals surface area contributed by atoms with E-state index >= 15 is 0 Å². The van der Waals surface area contributed by atoms with Gasteiger partial charge in [-0.15, -0.1) is 0 Å². The number of hydrogen-bond donors (Lipinski definition) is 3. The standard InChI is InChI=1S/C22H24N6O3/c23-21(29)20-19(25-22(24)30)14-28(26-20)18-3-1-2-17(12-18)16-6-4-15(5-7-16)13-27-8-10-31-11-9-27/h1-7,12,14H,8-11,13H2,(H2,23,29)(H3,24,25,30). The molecule has 2 heterocycles. The molecule has 3 amide bonds. The number of carbonyl (C=O) groups is 2. The third kappa shape index (κ3) is 4.90. The number of carbonyl (C=O) groups excluding carboxylic acids is 2. The van der Waals surface area contributed by atoms with E-state index in [2.05, 4.69) is 39.6 Å². The highest BCUT2D eigenvalue weighted by atomic mass is 16.5. The summed E-state index contributed by atoms with van der Waals surface area (Å²) < 4.78 is 6.89. The Balaban J connectivity index is 1.56. The number of hydrogen-bond acceptors (Lipinski definition) is 5. The molecule has 160 valence electrons. The number of amides is 3. The summed E-state index contributed by atoms with van der Waals surface area (Å²) in [7, 11) is 0. The first-order chi connectivity index (χ1) is 15.0. The van der Waals surface area contributed by atoms with Gasteiger partial charge in [0.05, 0.1) is 30.8 Å². The van der Waals surface area contributed by atoms with E-state index in [9.17, 15) is 9.59 Å². The first kappa shape index (κ1) is 20.6. The molecule has 0 bridgehead atoms. The molecule has 0 spiro atoms. The molecule has 1 aromatic heterocycles. The predicted molar refractivity (Wildman–Crippen MR) is 117 cm³/mol. The van der Waals surface area contributed by atoms with Crippen molar-refractivity contribution in [2.75, 3.05) is 31.6 Å². The maximum Gasteiger partial charge on any atom is 0.316 e. The quantitative estimate of drug-likeness (QED) is 0.561. The average Bonchev–Trinajstić information content (AvgIpc) is 3.19. The second kappa shape index (κ2) is 8.99. The summed E-state index contributed by atoms with van der Waals surface area (Å²) in [6.07, 6.45) is 1.51. The lowest BCUT2D eigenvalue weighted by Crippen LogP contribution is -2.35. The Morgan fingerprint density at radius 2 is 1.77 bits per heavy atom. The van der Waals surface area contributed by atoms with E-state index in [1.54, 1.807) is 0 Å². The third-order valence-electron chi connectivity index (χ3n) is 5.11. The van der Waals surface area contributed by atoms with Gasteiger partial charge >= 0.3 is 6.03 Å². The van der Waals surface area contributed by atoms with Gasteiger partial charge in [0.25, 0.3) is 5.91 Å². The van der Waals surface area contributed by atoms with Crippen molar-refractivity contribution in [3.63, 3.8) is 0 Å². The van der Waals surface area contributed by atoms with Crippen LogP contribution in [0, 0.1) is 0 Å². The monoisotopic (exact) mass is 420 g/mol. The Kier molecular flexibility index (Phi) is 5.96. The van der Waals surface area contributed by atoms with Crippen molar-refractivity contribution >= 4 is 17.6 Å². The third-order valence-corrected chi connectivity index (χ3v) is 5.11. The van der Waals surface area contributed by atoms with Crippen molar-refractivity contribution in [3.05, 3.63) is 66.0 Å². The molecule has 0 atom stereocenters. The number of primary amides is 2. The SMILES string of the molecule is NC(=O)Nc1cn(-c2cccc(-c3ccc(CN4CCOCC4)cc3)c2)nc1C(N)=O. The molecule has 1 aliphatic rings. The second-order valence-corrected chi connectivity index (χ2v) is 7.33. The van der Waals surface area contributed by atoms with Gasteiger partial charge in [0, 0.05) is 19.6 Å². The van der Waals surface area contributed by atoms with Crippen LogP contribution in [0.25, 0.3) is 16.8 Å². The zero-order valence-electron chi connectivity index (χ0n) is 17.0. The van der Waals surface area contributed by atoms with Crippen LogP contribution in [0.15, 0.2) is 54.7 Å². The zero-order valence-corrected chi connectivity index (χ0v) is 17.0. The molecule has 0 unspecified atom stereocenters. The number of ether oxygens (including phenoxy) is 1. The van der Waals surface area contributed by atoms with Crippen molar-refractivity contribution in [1.82, 2.24) is 14.7 Å². The number of morpholine rings is 1. The van der Waals surface area contributed by atoms with Gasteiger partial charge in [-0.25, -0.2) is 9.48 Å². The van der Waals surface area contributed by atoms with Crippen LogP contribution in [0.4, 0.5) is 10.5 Å². The van der Waals surface area contributed by atoms with Crippen LogP contribution in [0.5, 0.6) is 0 Å². The fourth-order valence-electron chi connectivity index (χ4n) is 3.56. The highest BCUT2D eigenvalue weighted by Gasteiger charge is 2.16. The Morgan fingerprint density at radius 1 is 1.03 bits per heavy atom. The van der Waals surface area contributed by atoms with E-state index in [0.717, 1.165) is 49.7 Å². The van der Waals surface area contributed by atoms with Gasteiger partial charge in [0.2, 0.25) is 0 Å². The highest BCUT2D eigenvalue weighted by molar-refractivity contribution is 6.00. The van der Waals surface area contributed by atoms with E-state index in [1.165, 1.54) is 16.4 Å². The summed E-state index contributed by atoms with van der Waals surface area (Å²) in [5, 5.41) is 6.58. The summed E-state index contributed by atoms with van der Waals surface area (Å²) in [5.41, 5.74) is 14.7. The molecular formula is C22H24N6O3. The Labute approximate surface area is 179 Å². The van der Waals surface area contributed by atoms with Crippen molar-refractivity contribution < 1.29 is 14.3 Å². The summed E-state index contributed by atoms with van der Waals surface area (Å²) in [6.45, 7) is 4.38. The Bertz CT molecular complexity index is 1090. The zero-order chi connectivity index (χ0) is 21.8. The largest absolute Gasteiger partial charge is 0.379 e. The molecule has 9 heteroatoms. The molecule has 4 rings (SSSR count). The van der Waals surface area contributed by atoms with Gasteiger partial charge in [0.15, 0.2) is 5.69 Å². The maximum atomic E-state index is 11.7. The summed E-state index contributed by atoms with van der Waals surface area (Å²) >= 11 is 0. The lowest BCUT2D eigenvalue weighted by atomic mass is 10.0. The van der Waals surface area contributed by atoms with Gasteiger partial charge in [-0.1, -0.05) is 36.4 Å². The summed E-state index contributed by atoms with van der Waals surface area (Å²) in [4.78, 5) is 25.2. The predicted octanol–water partition coefficient (Wildman–Crippen LogP) is 1.96. The number of nitrogens with one attached hydrogen (secondary N) is 1. The van der Waals surface area contributed by atoms with E-state index in [0.29, 0.717) is 0 Å². The van der Waals surface area contributed by atoms with Gasteiger partial charge in [-0.2, -0.15) is 5.10 Å². The molecule has 1 fully saturated rings. The number of nitrogens with two attached hydrogens (primary N) is 2. The van der Waals surface area contributed by atoms with Crippen LogP contribution in [-0.2, 0) is 11.3 Å². The molecule has 31 heavy (non-hydrogen) atoms. The molecule has 5 N–H and O–H groups in total. The Hall–Kier alpha value is -3.69. The molecule has 9 nitrogen and oxygen atoms in total. The van der Waals surface area contributed by atoms with Crippen LogP contribution < -0.4 is 16.8 Å². The van der Waals surface area contributed by atoms with Gasteiger partial charge in [-0.05, 0) is 28.8 Å². The lowest BCUT2D eigenvalue weighted by molar-refractivity contribution is 0.0342. The van der Waals surface area contributed by atoms with E-state index in [1.807, 2.05) is 24.3 Å². The van der Waals surface area contributed by atoms with Crippen LogP contribution in [0.2, 0.25) is 0 Å². The van der Waals surface area contributed by atoms with E-state index in [-0.39, 0.29) is 11.4 Å². The molecule has 1 saturated heterocycles. The fraction of sp³-hybridized carbons (Fsp3) is 0.227. The molecule has 3 aromatic rings. The van der Waals surface area contributed by atoms with E-state index in [4.69, 9.17) is 16.2 Å². The number of aromatic nitrogens is 2. The van der Waals surface area contributed by atoms with Crippen molar-refractivity contribution in [2.24, 2.45) is 11.5 Å². The first-order valence-electron chi connectivity index (χ1n) is 9.95. The van der Waals surface area contributed by atoms with Gasteiger partial charge < -0.3 is 21.5 Å². The lowest BCUT2D eigenvalue weighted by Gasteiger charge is -2.26. The minimum absolute atomic E-state index is 0.0586. The molecular weight excluding hydrogens is 396 g/mol. The van der Waals surface area contributed by atoms with E-state index < -0.39 is 11.9 Å². The van der Waals surface area contributed by atoms with Crippen LogP contribution >= 0.6 is 0 Å². The number of urea groups is 1. The maximum absolute atomic E-state index is 11.7. The number of anilines is 1.